The first kappa shape index (κ1) is 11.9. The molecular weight excluding hydrogens is 262 g/mol. The van der Waals surface area contributed by atoms with Crippen molar-refractivity contribution in [2.45, 2.75) is 0 Å². The van der Waals surface area contributed by atoms with E-state index in [-0.39, 0.29) is 0 Å². The van der Waals surface area contributed by atoms with Crippen molar-refractivity contribution < 1.29 is 4.74 Å². The third-order valence-corrected chi connectivity index (χ3v) is 3.24. The van der Waals surface area contributed by atoms with E-state index in [1.807, 2.05) is 34.7 Å². The first-order valence-corrected chi connectivity index (χ1v) is 6.15. The van der Waals surface area contributed by atoms with E-state index in [2.05, 4.69) is 4.98 Å². The maximum Gasteiger partial charge on any atom is 0.155 e. The van der Waals surface area contributed by atoms with Crippen molar-refractivity contribution >= 4 is 22.8 Å². The molecule has 0 spiro atoms. The second-order valence-corrected chi connectivity index (χ2v) is 4.50. The number of nitrogen functional groups attached to an aromatic ring is 1. The van der Waals surface area contributed by atoms with E-state index in [0.717, 1.165) is 16.8 Å². The largest absolute Gasteiger partial charge is 0.496 e. The molecule has 0 aliphatic carbocycles. The summed E-state index contributed by atoms with van der Waals surface area (Å²) in [6.45, 7) is 0. The zero-order chi connectivity index (χ0) is 13.4. The summed E-state index contributed by atoms with van der Waals surface area (Å²) in [6, 6.07) is 11.3. The molecule has 19 heavy (non-hydrogen) atoms. The number of nitrogens with two attached hydrogens (primary N) is 1. The van der Waals surface area contributed by atoms with Gasteiger partial charge in [0.05, 0.1) is 18.2 Å². The van der Waals surface area contributed by atoms with Crippen molar-refractivity contribution in [3.63, 3.8) is 0 Å². The van der Waals surface area contributed by atoms with Gasteiger partial charge in [-0.25, -0.2) is 4.98 Å². The zero-order valence-corrected chi connectivity index (χ0v) is 11.1. The van der Waals surface area contributed by atoms with E-state index < -0.39 is 0 Å². The molecule has 0 radical (unpaired) electrons. The predicted octanol–water partition coefficient (Wildman–Crippen LogP) is 3.25. The average Bonchev–Trinajstić information content (AvgIpc) is 2.75. The van der Waals surface area contributed by atoms with E-state index in [9.17, 15) is 0 Å². The molecule has 0 bridgehead atoms. The molecule has 2 N–H and O–H groups in total. The van der Waals surface area contributed by atoms with Gasteiger partial charge in [0.2, 0.25) is 0 Å². The third-order valence-electron chi connectivity index (χ3n) is 2.96. The van der Waals surface area contributed by atoms with Crippen LogP contribution in [0.5, 0.6) is 5.75 Å². The van der Waals surface area contributed by atoms with Crippen LogP contribution >= 0.6 is 11.6 Å². The highest BCUT2D eigenvalue weighted by Gasteiger charge is 2.14. The minimum atomic E-state index is 0.445. The van der Waals surface area contributed by atoms with Crippen molar-refractivity contribution in [1.29, 1.82) is 0 Å². The molecule has 0 amide bonds. The van der Waals surface area contributed by atoms with Gasteiger partial charge >= 0.3 is 0 Å². The number of fused-ring (bicyclic) bond motifs is 1. The fourth-order valence-corrected chi connectivity index (χ4v) is 2.32. The van der Waals surface area contributed by atoms with Gasteiger partial charge in [-0.05, 0) is 24.3 Å². The number of hydrogen-bond donors (Lipinski definition) is 1. The van der Waals surface area contributed by atoms with Gasteiger partial charge in [-0.2, -0.15) is 0 Å². The van der Waals surface area contributed by atoms with E-state index in [1.54, 1.807) is 19.4 Å². The number of hydrogen-bond acceptors (Lipinski definition) is 3. The van der Waals surface area contributed by atoms with E-state index >= 15 is 0 Å². The fraction of sp³-hybridized carbons (Fsp3) is 0.0714. The van der Waals surface area contributed by atoms with Crippen LogP contribution in [0.4, 0.5) is 5.69 Å². The molecule has 4 nitrogen and oxygen atoms in total. The number of anilines is 1. The Bertz CT molecular complexity index is 752. The minimum Gasteiger partial charge on any atom is -0.496 e. The van der Waals surface area contributed by atoms with Gasteiger partial charge in [0, 0.05) is 11.9 Å². The first-order chi connectivity index (χ1) is 9.20. The summed E-state index contributed by atoms with van der Waals surface area (Å²) in [4.78, 5) is 4.40. The lowest BCUT2D eigenvalue weighted by Gasteiger charge is -2.07. The molecule has 3 rings (SSSR count). The quantitative estimate of drug-likeness (QED) is 0.780. The van der Waals surface area contributed by atoms with E-state index in [4.69, 9.17) is 22.1 Å². The Morgan fingerprint density at radius 1 is 1.21 bits per heavy atom. The Balaban J connectivity index is 2.33. The number of halogens is 1. The minimum absolute atomic E-state index is 0.445. The lowest BCUT2D eigenvalue weighted by Crippen LogP contribution is -1.95. The Kier molecular flexibility index (Phi) is 2.80. The molecule has 0 atom stereocenters. The number of benzene rings is 1. The summed E-state index contributed by atoms with van der Waals surface area (Å²) in [6.07, 6.45) is 1.80. The Morgan fingerprint density at radius 3 is 2.79 bits per heavy atom. The summed E-state index contributed by atoms with van der Waals surface area (Å²) in [5, 5.41) is 0.445. The smallest absolute Gasteiger partial charge is 0.155 e. The maximum absolute atomic E-state index is 6.16. The molecule has 2 aromatic heterocycles. The molecule has 3 aromatic rings. The van der Waals surface area contributed by atoms with Crippen molar-refractivity contribution in [2.75, 3.05) is 12.8 Å². The maximum atomic E-state index is 6.16. The molecule has 0 aliphatic heterocycles. The van der Waals surface area contributed by atoms with Crippen LogP contribution in [0.2, 0.25) is 5.15 Å². The fourth-order valence-electron chi connectivity index (χ4n) is 2.08. The average molecular weight is 274 g/mol. The molecule has 0 aliphatic rings. The number of para-hydroxylation sites is 1. The number of pyridine rings is 1. The number of ether oxygens (including phenoxy) is 1. The number of nitrogens with zero attached hydrogens (tertiary/aromatic N) is 2. The summed E-state index contributed by atoms with van der Waals surface area (Å²) >= 11 is 6.16. The van der Waals surface area contributed by atoms with Crippen molar-refractivity contribution in [1.82, 2.24) is 9.38 Å². The Labute approximate surface area is 115 Å². The molecule has 5 heteroatoms. The summed E-state index contributed by atoms with van der Waals surface area (Å²) in [5.74, 6) is 1.46. The van der Waals surface area contributed by atoms with Crippen LogP contribution < -0.4 is 10.5 Å². The molecule has 1 aromatic carbocycles. The molecule has 0 saturated heterocycles. The normalized spacial score (nSPS) is 10.8. The molecular formula is C14H12ClN3O. The van der Waals surface area contributed by atoms with Gasteiger partial charge in [0.1, 0.15) is 11.6 Å². The highest BCUT2D eigenvalue weighted by Crippen LogP contribution is 2.32. The summed E-state index contributed by atoms with van der Waals surface area (Å²) in [5.41, 5.74) is 8.17. The Morgan fingerprint density at radius 2 is 2.00 bits per heavy atom. The second-order valence-electron chi connectivity index (χ2n) is 4.14. The first-order valence-electron chi connectivity index (χ1n) is 5.77. The zero-order valence-electron chi connectivity index (χ0n) is 10.3. The van der Waals surface area contributed by atoms with Gasteiger partial charge < -0.3 is 10.5 Å². The van der Waals surface area contributed by atoms with Crippen molar-refractivity contribution in [3.05, 3.63) is 47.7 Å². The topological polar surface area (TPSA) is 52.5 Å². The van der Waals surface area contributed by atoms with Crippen LogP contribution in [0, 0.1) is 0 Å². The predicted molar refractivity (Wildman–Crippen MR) is 76.6 cm³/mol. The van der Waals surface area contributed by atoms with Gasteiger partial charge in [0.15, 0.2) is 5.15 Å². The van der Waals surface area contributed by atoms with Crippen LogP contribution in [0.15, 0.2) is 42.6 Å². The Hall–Kier alpha value is -2.20. The van der Waals surface area contributed by atoms with Crippen LogP contribution in [0.1, 0.15) is 0 Å². The second kappa shape index (κ2) is 4.48. The van der Waals surface area contributed by atoms with Crippen molar-refractivity contribution in [2.24, 2.45) is 0 Å². The molecule has 0 saturated carbocycles. The lowest BCUT2D eigenvalue weighted by atomic mass is 10.2. The number of aromatic nitrogens is 2. The van der Waals surface area contributed by atoms with Gasteiger partial charge in [-0.1, -0.05) is 23.7 Å². The summed E-state index contributed by atoms with van der Waals surface area (Å²) in [7, 11) is 1.63. The number of methoxy groups -OCH3 is 1. The highest BCUT2D eigenvalue weighted by molar-refractivity contribution is 6.33. The van der Waals surface area contributed by atoms with E-state index in [1.165, 1.54) is 0 Å². The van der Waals surface area contributed by atoms with Crippen LogP contribution in [-0.2, 0) is 0 Å². The molecule has 0 fully saturated rings. The molecule has 0 unspecified atom stereocenters. The molecule has 2 heterocycles. The number of imidazole rings is 1. The highest BCUT2D eigenvalue weighted by atomic mass is 35.5. The SMILES string of the molecule is COc1ccccc1-c1nc(Cl)c2ccc(N)cn12. The summed E-state index contributed by atoms with van der Waals surface area (Å²) < 4.78 is 7.23. The van der Waals surface area contributed by atoms with Gasteiger partial charge in [-0.15, -0.1) is 0 Å². The monoisotopic (exact) mass is 273 g/mol. The van der Waals surface area contributed by atoms with Crippen LogP contribution in [0.25, 0.3) is 16.9 Å². The standard InChI is InChI=1S/C14H12ClN3O/c1-19-12-5-3-2-4-10(12)14-17-13(15)11-7-6-9(16)8-18(11)14/h2-8H,16H2,1H3. The lowest BCUT2D eigenvalue weighted by molar-refractivity contribution is 0.416. The van der Waals surface area contributed by atoms with E-state index in [0.29, 0.717) is 16.7 Å². The van der Waals surface area contributed by atoms with Gasteiger partial charge in [0.25, 0.3) is 0 Å². The van der Waals surface area contributed by atoms with Crippen molar-refractivity contribution in [3.8, 4) is 17.1 Å². The van der Waals surface area contributed by atoms with Crippen LogP contribution in [-0.4, -0.2) is 16.5 Å². The van der Waals surface area contributed by atoms with Crippen LogP contribution in [0.3, 0.4) is 0 Å². The number of rotatable bonds is 2. The third kappa shape index (κ3) is 1.90. The van der Waals surface area contributed by atoms with Gasteiger partial charge in [-0.3, -0.25) is 4.40 Å². The molecule has 96 valence electrons.